The molecule has 0 spiro atoms. The molecule has 3 unspecified atom stereocenters. The lowest BCUT2D eigenvalue weighted by atomic mass is 9.95. The van der Waals surface area contributed by atoms with E-state index in [0.717, 1.165) is 12.3 Å². The van der Waals surface area contributed by atoms with Crippen LogP contribution in [0.5, 0.6) is 0 Å². The summed E-state index contributed by atoms with van der Waals surface area (Å²) in [5.41, 5.74) is 0.449. The molecule has 0 aliphatic heterocycles. The Labute approximate surface area is 160 Å². The van der Waals surface area contributed by atoms with E-state index < -0.39 is 9.84 Å². The third-order valence-corrected chi connectivity index (χ3v) is 7.58. The third-order valence-electron chi connectivity index (χ3n) is 5.75. The highest BCUT2D eigenvalue weighted by molar-refractivity contribution is 7.91. The Kier molecular flexibility index (Phi) is 4.91. The molecule has 2 aromatic carbocycles. The van der Waals surface area contributed by atoms with Gasteiger partial charge in [0, 0.05) is 6.04 Å². The van der Waals surface area contributed by atoms with Gasteiger partial charge in [-0.2, -0.15) is 0 Å². The molecule has 0 heterocycles. The molecule has 5 nitrogen and oxygen atoms in total. The lowest BCUT2D eigenvalue weighted by Crippen LogP contribution is -2.41. The first-order chi connectivity index (χ1) is 13.0. The predicted molar refractivity (Wildman–Crippen MR) is 104 cm³/mol. The van der Waals surface area contributed by atoms with Crippen molar-refractivity contribution in [2.24, 2.45) is 11.8 Å². The van der Waals surface area contributed by atoms with Crippen molar-refractivity contribution >= 4 is 21.4 Å². The summed E-state index contributed by atoms with van der Waals surface area (Å²) >= 11 is 0. The van der Waals surface area contributed by atoms with Crippen LogP contribution in [0.2, 0.25) is 0 Å². The summed E-state index contributed by atoms with van der Waals surface area (Å²) in [6.07, 6.45) is 4.81. The van der Waals surface area contributed by atoms with Gasteiger partial charge in [0.15, 0.2) is 0 Å². The highest BCUT2D eigenvalue weighted by Crippen LogP contribution is 2.44. The molecule has 2 aliphatic rings. The maximum Gasteiger partial charge on any atom is 0.239 e. The second-order valence-corrected chi connectivity index (χ2v) is 9.43. The lowest BCUT2D eigenvalue weighted by Gasteiger charge is -2.23. The average Bonchev–Trinajstić information content (AvgIpc) is 3.30. The summed E-state index contributed by atoms with van der Waals surface area (Å²) < 4.78 is 25.8. The summed E-state index contributed by atoms with van der Waals surface area (Å²) in [4.78, 5) is 12.8. The fourth-order valence-electron chi connectivity index (χ4n) is 4.43. The van der Waals surface area contributed by atoms with Gasteiger partial charge in [0.25, 0.3) is 0 Å². The fourth-order valence-corrected chi connectivity index (χ4v) is 5.89. The fraction of sp³-hybridized carbons (Fsp3) is 0.381. The molecule has 0 saturated heterocycles. The number of nitrogens with one attached hydrogen (secondary N) is 2. The molecule has 2 aromatic rings. The molecular weight excluding hydrogens is 360 g/mol. The summed E-state index contributed by atoms with van der Waals surface area (Å²) in [6.45, 7) is 0.0647. The summed E-state index contributed by atoms with van der Waals surface area (Å²) in [7, 11) is -3.64. The zero-order chi connectivity index (χ0) is 18.9. The number of hydrogen-bond donors (Lipinski definition) is 2. The van der Waals surface area contributed by atoms with Gasteiger partial charge in [0.2, 0.25) is 15.7 Å². The van der Waals surface area contributed by atoms with Crippen LogP contribution in [-0.2, 0) is 14.6 Å². The second kappa shape index (κ2) is 7.35. The van der Waals surface area contributed by atoms with Crippen LogP contribution in [0.4, 0.5) is 5.69 Å². The van der Waals surface area contributed by atoms with Crippen LogP contribution in [-0.4, -0.2) is 26.9 Å². The number of fused-ring (bicyclic) bond motifs is 2. The molecule has 4 rings (SSSR count). The van der Waals surface area contributed by atoms with Gasteiger partial charge in [-0.3, -0.25) is 4.79 Å². The van der Waals surface area contributed by atoms with E-state index in [4.69, 9.17) is 0 Å². The Hall–Kier alpha value is -2.34. The molecule has 2 fully saturated rings. The minimum Gasteiger partial charge on any atom is -0.375 e. The first kappa shape index (κ1) is 18.0. The van der Waals surface area contributed by atoms with Crippen LogP contribution < -0.4 is 10.6 Å². The molecule has 142 valence electrons. The van der Waals surface area contributed by atoms with Gasteiger partial charge in [-0.05, 0) is 55.4 Å². The molecule has 2 N–H and O–H groups in total. The van der Waals surface area contributed by atoms with Crippen molar-refractivity contribution < 1.29 is 13.2 Å². The minimum absolute atomic E-state index is 0.0647. The van der Waals surface area contributed by atoms with Crippen molar-refractivity contribution in [1.29, 1.82) is 0 Å². The standard InChI is InChI=1S/C21H24N2O3S/c24-21(23-19-13-15-10-11-16(19)12-15)14-22-18-8-4-5-9-20(18)27(25,26)17-6-2-1-3-7-17/h1-9,15-16,19,22H,10-14H2,(H,23,24). The maximum atomic E-state index is 12.9. The van der Waals surface area contributed by atoms with Crippen LogP contribution in [0, 0.1) is 11.8 Å². The highest BCUT2D eigenvalue weighted by atomic mass is 32.2. The largest absolute Gasteiger partial charge is 0.375 e. The van der Waals surface area contributed by atoms with Crippen molar-refractivity contribution in [3.63, 3.8) is 0 Å². The summed E-state index contributed by atoms with van der Waals surface area (Å²) in [5, 5.41) is 6.14. The number of hydrogen-bond acceptors (Lipinski definition) is 4. The normalized spacial score (nSPS) is 23.9. The van der Waals surface area contributed by atoms with Crippen molar-refractivity contribution in [3.8, 4) is 0 Å². The molecule has 2 aliphatic carbocycles. The lowest BCUT2D eigenvalue weighted by molar-refractivity contribution is -0.120. The molecule has 1 amide bonds. The van der Waals surface area contributed by atoms with Gasteiger partial charge < -0.3 is 10.6 Å². The topological polar surface area (TPSA) is 75.3 Å². The molecule has 2 saturated carbocycles. The zero-order valence-electron chi connectivity index (χ0n) is 15.1. The zero-order valence-corrected chi connectivity index (χ0v) is 15.9. The van der Waals surface area contributed by atoms with Gasteiger partial charge >= 0.3 is 0 Å². The molecule has 3 atom stereocenters. The average molecular weight is 385 g/mol. The Morgan fingerprint density at radius 2 is 1.70 bits per heavy atom. The number of amides is 1. The number of rotatable bonds is 6. The third kappa shape index (κ3) is 3.72. The van der Waals surface area contributed by atoms with Crippen molar-refractivity contribution in [2.75, 3.05) is 11.9 Å². The van der Waals surface area contributed by atoms with Crippen LogP contribution in [0.25, 0.3) is 0 Å². The van der Waals surface area contributed by atoms with E-state index >= 15 is 0 Å². The van der Waals surface area contributed by atoms with Crippen LogP contribution in [0.1, 0.15) is 25.7 Å². The first-order valence-corrected chi connectivity index (χ1v) is 10.9. The van der Waals surface area contributed by atoms with E-state index in [1.807, 2.05) is 0 Å². The Balaban J connectivity index is 1.45. The number of benzene rings is 2. The molecule has 6 heteroatoms. The highest BCUT2D eigenvalue weighted by Gasteiger charge is 2.40. The monoisotopic (exact) mass is 384 g/mol. The van der Waals surface area contributed by atoms with E-state index in [2.05, 4.69) is 10.6 Å². The number of sulfone groups is 1. The minimum atomic E-state index is -3.64. The van der Waals surface area contributed by atoms with Crippen molar-refractivity contribution in [2.45, 2.75) is 41.5 Å². The Bertz CT molecular complexity index is 927. The van der Waals surface area contributed by atoms with Crippen LogP contribution in [0.3, 0.4) is 0 Å². The van der Waals surface area contributed by atoms with Gasteiger partial charge in [-0.25, -0.2) is 8.42 Å². The number of anilines is 1. The van der Waals surface area contributed by atoms with Gasteiger partial charge in [0.1, 0.15) is 0 Å². The number of carbonyl (C=O) groups is 1. The predicted octanol–water partition coefficient (Wildman–Crippen LogP) is 3.24. The number of carbonyl (C=O) groups excluding carboxylic acids is 1. The van der Waals surface area contributed by atoms with Crippen LogP contribution >= 0.6 is 0 Å². The van der Waals surface area contributed by atoms with Crippen molar-refractivity contribution in [1.82, 2.24) is 5.32 Å². The number of para-hydroxylation sites is 1. The van der Waals surface area contributed by atoms with E-state index in [1.165, 1.54) is 19.3 Å². The SMILES string of the molecule is O=C(CNc1ccccc1S(=O)(=O)c1ccccc1)NC1CC2CCC1C2. The summed E-state index contributed by atoms with van der Waals surface area (Å²) in [5.74, 6) is 1.30. The maximum absolute atomic E-state index is 12.9. The van der Waals surface area contributed by atoms with E-state index in [1.54, 1.807) is 54.6 Å². The molecule has 2 bridgehead atoms. The molecule has 0 radical (unpaired) electrons. The van der Waals surface area contributed by atoms with Gasteiger partial charge in [-0.1, -0.05) is 36.8 Å². The van der Waals surface area contributed by atoms with Gasteiger partial charge in [0.05, 0.1) is 22.0 Å². The molecular formula is C21H24N2O3S. The van der Waals surface area contributed by atoms with Gasteiger partial charge in [-0.15, -0.1) is 0 Å². The smallest absolute Gasteiger partial charge is 0.239 e. The Morgan fingerprint density at radius 1 is 0.963 bits per heavy atom. The Morgan fingerprint density at radius 3 is 2.41 bits per heavy atom. The summed E-state index contributed by atoms with van der Waals surface area (Å²) in [6, 6.07) is 15.3. The second-order valence-electron chi connectivity index (χ2n) is 7.52. The van der Waals surface area contributed by atoms with E-state index in [-0.39, 0.29) is 28.3 Å². The quantitative estimate of drug-likeness (QED) is 0.802. The molecule has 27 heavy (non-hydrogen) atoms. The van der Waals surface area contributed by atoms with Crippen LogP contribution in [0.15, 0.2) is 64.4 Å². The first-order valence-electron chi connectivity index (χ1n) is 9.46. The van der Waals surface area contributed by atoms with E-state index in [9.17, 15) is 13.2 Å². The molecule has 0 aromatic heterocycles. The van der Waals surface area contributed by atoms with Crippen molar-refractivity contribution in [3.05, 3.63) is 54.6 Å². The van der Waals surface area contributed by atoms with E-state index in [0.29, 0.717) is 11.6 Å².